The van der Waals surface area contributed by atoms with Crippen molar-refractivity contribution in [1.29, 1.82) is 0 Å². The second-order valence-corrected chi connectivity index (χ2v) is 4.60. The van der Waals surface area contributed by atoms with E-state index in [-0.39, 0.29) is 6.04 Å². The van der Waals surface area contributed by atoms with Crippen molar-refractivity contribution in [2.75, 3.05) is 21.2 Å². The van der Waals surface area contributed by atoms with Crippen molar-refractivity contribution in [3.63, 3.8) is 0 Å². The molecular weight excluding hydrogens is 214 g/mol. The van der Waals surface area contributed by atoms with Gasteiger partial charge in [0.2, 0.25) is 0 Å². The summed E-state index contributed by atoms with van der Waals surface area (Å²) < 4.78 is 5.33. The Kier molecular flexibility index (Phi) is 4.29. The first-order valence-corrected chi connectivity index (χ1v) is 5.70. The first-order chi connectivity index (χ1) is 7.93. The third-order valence-corrected chi connectivity index (χ3v) is 3.31. The van der Waals surface area contributed by atoms with Crippen LogP contribution in [0.3, 0.4) is 0 Å². The fraction of sp³-hybridized carbons (Fsp3) is 0.500. The molecule has 1 unspecified atom stereocenters. The first-order valence-electron chi connectivity index (χ1n) is 5.70. The lowest BCUT2D eigenvalue weighted by atomic mass is 9.92. The van der Waals surface area contributed by atoms with E-state index in [1.807, 2.05) is 45.8 Å². The molecule has 0 aliphatic carbocycles. The zero-order chi connectivity index (χ0) is 13.2. The van der Waals surface area contributed by atoms with E-state index >= 15 is 0 Å². The van der Waals surface area contributed by atoms with Gasteiger partial charge in [-0.15, -0.1) is 0 Å². The molecule has 0 radical (unpaired) electrons. The Labute approximate surface area is 103 Å². The van der Waals surface area contributed by atoms with E-state index in [1.165, 1.54) is 0 Å². The molecule has 3 nitrogen and oxygen atoms in total. The van der Waals surface area contributed by atoms with Crippen LogP contribution in [0, 0.1) is 20.8 Å². The number of rotatable bonds is 4. The number of carbonyl (C=O) groups is 1. The minimum atomic E-state index is -0.195. The van der Waals surface area contributed by atoms with Crippen LogP contribution >= 0.6 is 0 Å². The average Bonchev–Trinajstić information content (AvgIpc) is 2.28. The molecule has 1 rings (SSSR count). The molecule has 0 bridgehead atoms. The smallest absolute Gasteiger partial charge is 0.141 e. The van der Waals surface area contributed by atoms with E-state index in [0.717, 1.165) is 34.3 Å². The summed E-state index contributed by atoms with van der Waals surface area (Å²) in [4.78, 5) is 13.2. The van der Waals surface area contributed by atoms with Crippen molar-refractivity contribution in [3.8, 4) is 5.75 Å². The minimum Gasteiger partial charge on any atom is -0.496 e. The van der Waals surface area contributed by atoms with E-state index in [4.69, 9.17) is 4.74 Å². The summed E-state index contributed by atoms with van der Waals surface area (Å²) in [6, 6.07) is 1.80. The Balaban J connectivity index is 3.44. The van der Waals surface area contributed by atoms with Gasteiger partial charge in [-0.25, -0.2) is 0 Å². The SMILES string of the molecule is COc1cc(C)c(C(C=O)N(C)C)c(C)c1C. The van der Waals surface area contributed by atoms with Gasteiger partial charge in [0.15, 0.2) is 0 Å². The van der Waals surface area contributed by atoms with Crippen LogP contribution in [0.5, 0.6) is 5.75 Å². The molecular formula is C14H21NO2. The second-order valence-electron chi connectivity index (χ2n) is 4.60. The van der Waals surface area contributed by atoms with Crippen molar-refractivity contribution in [3.05, 3.63) is 28.3 Å². The number of ether oxygens (including phenoxy) is 1. The number of aldehydes is 1. The van der Waals surface area contributed by atoms with Gasteiger partial charge < -0.3 is 9.53 Å². The first kappa shape index (κ1) is 13.7. The Morgan fingerprint density at radius 2 is 1.82 bits per heavy atom. The summed E-state index contributed by atoms with van der Waals surface area (Å²) in [5, 5.41) is 0. The standard InChI is InChI=1S/C14H21NO2/c1-9-7-13(17-6)10(2)11(3)14(9)12(8-16)15(4)5/h7-8,12H,1-6H3. The van der Waals surface area contributed by atoms with Crippen molar-refractivity contribution in [2.24, 2.45) is 0 Å². The highest BCUT2D eigenvalue weighted by Crippen LogP contribution is 2.32. The third-order valence-electron chi connectivity index (χ3n) is 3.31. The van der Waals surface area contributed by atoms with Gasteiger partial charge in [-0.1, -0.05) is 0 Å². The van der Waals surface area contributed by atoms with Gasteiger partial charge in [-0.05, 0) is 63.2 Å². The quantitative estimate of drug-likeness (QED) is 0.751. The average molecular weight is 235 g/mol. The molecule has 94 valence electrons. The van der Waals surface area contributed by atoms with Crippen LogP contribution < -0.4 is 4.74 Å². The number of aryl methyl sites for hydroxylation is 1. The van der Waals surface area contributed by atoms with Crippen molar-refractivity contribution >= 4 is 6.29 Å². The summed E-state index contributed by atoms with van der Waals surface area (Å²) in [7, 11) is 5.50. The maximum Gasteiger partial charge on any atom is 0.141 e. The van der Waals surface area contributed by atoms with E-state index in [9.17, 15) is 4.79 Å². The van der Waals surface area contributed by atoms with Crippen LogP contribution in [0.25, 0.3) is 0 Å². The number of carbonyl (C=O) groups excluding carboxylic acids is 1. The number of hydrogen-bond donors (Lipinski definition) is 0. The molecule has 0 amide bonds. The van der Waals surface area contributed by atoms with Gasteiger partial charge >= 0.3 is 0 Å². The third kappa shape index (κ3) is 2.50. The lowest BCUT2D eigenvalue weighted by Gasteiger charge is -2.24. The Bertz CT molecular complexity index is 425. The van der Waals surface area contributed by atoms with Gasteiger partial charge in [-0.3, -0.25) is 4.90 Å². The van der Waals surface area contributed by atoms with Gasteiger partial charge in [-0.2, -0.15) is 0 Å². The van der Waals surface area contributed by atoms with E-state index in [0.29, 0.717) is 0 Å². The topological polar surface area (TPSA) is 29.5 Å². The van der Waals surface area contributed by atoms with Crippen LogP contribution in [0.2, 0.25) is 0 Å². The highest BCUT2D eigenvalue weighted by molar-refractivity contribution is 5.65. The van der Waals surface area contributed by atoms with Crippen LogP contribution in [0.4, 0.5) is 0 Å². The molecule has 0 spiro atoms. The summed E-state index contributed by atoms with van der Waals surface area (Å²) >= 11 is 0. The lowest BCUT2D eigenvalue weighted by Crippen LogP contribution is -2.23. The van der Waals surface area contributed by atoms with Gasteiger partial charge in [0.1, 0.15) is 12.0 Å². The van der Waals surface area contributed by atoms with Crippen molar-refractivity contribution in [1.82, 2.24) is 4.90 Å². The van der Waals surface area contributed by atoms with Crippen molar-refractivity contribution in [2.45, 2.75) is 26.8 Å². The van der Waals surface area contributed by atoms with Crippen LogP contribution in [-0.4, -0.2) is 32.4 Å². The summed E-state index contributed by atoms with van der Waals surface area (Å²) in [5.74, 6) is 0.882. The molecule has 0 heterocycles. The lowest BCUT2D eigenvalue weighted by molar-refractivity contribution is -0.111. The molecule has 0 fully saturated rings. The molecule has 0 aliphatic rings. The summed E-state index contributed by atoms with van der Waals surface area (Å²) in [6.45, 7) is 6.08. The second kappa shape index (κ2) is 5.32. The zero-order valence-corrected chi connectivity index (χ0v) is 11.5. The molecule has 0 saturated carbocycles. The number of likely N-dealkylation sites (N-methyl/N-ethyl adjacent to an activating group) is 1. The molecule has 0 aromatic heterocycles. The maximum atomic E-state index is 11.2. The fourth-order valence-electron chi connectivity index (χ4n) is 2.18. The molecule has 0 aliphatic heterocycles. The van der Waals surface area contributed by atoms with Gasteiger partial charge in [0, 0.05) is 0 Å². The Morgan fingerprint density at radius 3 is 2.24 bits per heavy atom. The van der Waals surface area contributed by atoms with Crippen LogP contribution in [0.15, 0.2) is 6.07 Å². The largest absolute Gasteiger partial charge is 0.496 e. The van der Waals surface area contributed by atoms with Gasteiger partial charge in [0.05, 0.1) is 13.2 Å². The van der Waals surface area contributed by atoms with Crippen LogP contribution in [-0.2, 0) is 4.79 Å². The molecule has 1 atom stereocenters. The molecule has 1 aromatic rings. The summed E-state index contributed by atoms with van der Waals surface area (Å²) in [5.41, 5.74) is 4.41. The number of hydrogen-bond acceptors (Lipinski definition) is 3. The monoisotopic (exact) mass is 235 g/mol. The maximum absolute atomic E-state index is 11.2. The number of methoxy groups -OCH3 is 1. The summed E-state index contributed by atoms with van der Waals surface area (Å²) in [6.07, 6.45) is 0.987. The molecule has 1 aromatic carbocycles. The predicted octanol–water partition coefficient (Wildman–Crippen LogP) is 2.42. The zero-order valence-electron chi connectivity index (χ0n) is 11.5. The Morgan fingerprint density at radius 1 is 1.24 bits per heavy atom. The van der Waals surface area contributed by atoms with Crippen LogP contribution in [0.1, 0.15) is 28.3 Å². The van der Waals surface area contributed by atoms with Gasteiger partial charge in [0.25, 0.3) is 0 Å². The normalized spacial score (nSPS) is 12.6. The van der Waals surface area contributed by atoms with Crippen molar-refractivity contribution < 1.29 is 9.53 Å². The fourth-order valence-corrected chi connectivity index (χ4v) is 2.18. The molecule has 0 N–H and O–H groups in total. The molecule has 0 saturated heterocycles. The van der Waals surface area contributed by atoms with E-state index < -0.39 is 0 Å². The van der Waals surface area contributed by atoms with E-state index in [2.05, 4.69) is 0 Å². The molecule has 17 heavy (non-hydrogen) atoms. The highest BCUT2D eigenvalue weighted by Gasteiger charge is 2.20. The van der Waals surface area contributed by atoms with E-state index in [1.54, 1.807) is 7.11 Å². The highest BCUT2D eigenvalue weighted by atomic mass is 16.5. The predicted molar refractivity (Wildman–Crippen MR) is 69.7 cm³/mol. The number of nitrogens with zero attached hydrogens (tertiary/aromatic N) is 1. The number of benzene rings is 1. The minimum absolute atomic E-state index is 0.195. The Hall–Kier alpha value is -1.35. The molecule has 3 heteroatoms.